The van der Waals surface area contributed by atoms with Crippen molar-refractivity contribution in [1.29, 1.82) is 0 Å². The minimum atomic E-state index is 0.655. The Bertz CT molecular complexity index is 521. The normalized spacial score (nSPS) is 14.4. The van der Waals surface area contributed by atoms with Crippen LogP contribution in [0.15, 0.2) is 24.4 Å². The zero-order valence-corrected chi connectivity index (χ0v) is 9.68. The van der Waals surface area contributed by atoms with Gasteiger partial charge in [0.25, 0.3) is 0 Å². The van der Waals surface area contributed by atoms with Gasteiger partial charge in [-0.1, -0.05) is 6.07 Å². The smallest absolute Gasteiger partial charge is 0.241 e. The Kier molecular flexibility index (Phi) is 2.53. The van der Waals surface area contributed by atoms with E-state index in [0.29, 0.717) is 5.88 Å². The van der Waals surface area contributed by atoms with Crippen LogP contribution in [0.25, 0.3) is 11.4 Å². The van der Waals surface area contributed by atoms with Gasteiger partial charge < -0.3 is 14.6 Å². The van der Waals surface area contributed by atoms with Crippen molar-refractivity contribution in [3.63, 3.8) is 0 Å². The second kappa shape index (κ2) is 4.18. The summed E-state index contributed by atoms with van der Waals surface area (Å²) in [6, 6.07) is 5.86. The molecule has 2 aromatic rings. The second-order valence-electron chi connectivity index (χ2n) is 3.93. The lowest BCUT2D eigenvalue weighted by Gasteiger charge is -2.16. The van der Waals surface area contributed by atoms with Crippen molar-refractivity contribution < 1.29 is 4.74 Å². The van der Waals surface area contributed by atoms with E-state index in [1.165, 1.54) is 0 Å². The fraction of sp³-hybridized carbons (Fsp3) is 0.333. The molecule has 1 aliphatic heterocycles. The first-order valence-electron chi connectivity index (χ1n) is 5.65. The Hall–Kier alpha value is -1.88. The van der Waals surface area contributed by atoms with Gasteiger partial charge in [0.15, 0.2) is 0 Å². The molecule has 0 saturated carbocycles. The van der Waals surface area contributed by atoms with Gasteiger partial charge in [0, 0.05) is 19.3 Å². The number of nitrogens with zero attached hydrogens (tertiary/aromatic N) is 3. The van der Waals surface area contributed by atoms with Crippen LogP contribution in [-0.2, 0) is 13.1 Å². The molecule has 17 heavy (non-hydrogen) atoms. The molecular weight excluding hydrogens is 216 g/mol. The lowest BCUT2D eigenvalue weighted by molar-refractivity contribution is 0.400. The minimum Gasteiger partial charge on any atom is -0.479 e. The summed E-state index contributed by atoms with van der Waals surface area (Å²) in [4.78, 5) is 8.86. The van der Waals surface area contributed by atoms with Crippen LogP contribution in [0.5, 0.6) is 5.88 Å². The highest BCUT2D eigenvalue weighted by Crippen LogP contribution is 2.30. The number of hydrogen-bond acceptors (Lipinski definition) is 4. The van der Waals surface area contributed by atoms with Crippen LogP contribution < -0.4 is 10.1 Å². The van der Waals surface area contributed by atoms with Gasteiger partial charge in [0.2, 0.25) is 5.88 Å². The summed E-state index contributed by atoms with van der Waals surface area (Å²) >= 11 is 0. The lowest BCUT2D eigenvalue weighted by Crippen LogP contribution is -2.28. The topological polar surface area (TPSA) is 52.0 Å². The predicted octanol–water partition coefficient (Wildman–Crippen LogP) is 1.06. The van der Waals surface area contributed by atoms with Crippen LogP contribution >= 0.6 is 0 Å². The zero-order chi connectivity index (χ0) is 11.7. The monoisotopic (exact) mass is 230 g/mol. The van der Waals surface area contributed by atoms with E-state index in [-0.39, 0.29) is 0 Å². The van der Waals surface area contributed by atoms with Crippen molar-refractivity contribution in [2.24, 2.45) is 0 Å². The fourth-order valence-electron chi connectivity index (χ4n) is 2.13. The largest absolute Gasteiger partial charge is 0.479 e. The first-order chi connectivity index (χ1) is 8.40. The second-order valence-corrected chi connectivity index (χ2v) is 3.93. The summed E-state index contributed by atoms with van der Waals surface area (Å²) < 4.78 is 7.53. The van der Waals surface area contributed by atoms with E-state index in [1.807, 2.05) is 18.2 Å². The van der Waals surface area contributed by atoms with Crippen molar-refractivity contribution in [1.82, 2.24) is 19.9 Å². The Morgan fingerprint density at radius 3 is 3.12 bits per heavy atom. The molecule has 2 aromatic heterocycles. The molecule has 0 bridgehead atoms. The minimum absolute atomic E-state index is 0.655. The molecular formula is C12H14N4O. The molecule has 1 N–H and O–H groups in total. The van der Waals surface area contributed by atoms with Crippen LogP contribution in [0.2, 0.25) is 0 Å². The number of aromatic nitrogens is 3. The van der Waals surface area contributed by atoms with Gasteiger partial charge in [-0.05, 0) is 12.1 Å². The van der Waals surface area contributed by atoms with E-state index in [0.717, 1.165) is 36.8 Å². The highest BCUT2D eigenvalue weighted by atomic mass is 16.5. The van der Waals surface area contributed by atoms with E-state index in [4.69, 9.17) is 4.74 Å². The van der Waals surface area contributed by atoms with Gasteiger partial charge in [-0.3, -0.25) is 4.98 Å². The number of ether oxygens (including phenoxy) is 1. The number of methoxy groups -OCH3 is 1. The van der Waals surface area contributed by atoms with Gasteiger partial charge in [-0.2, -0.15) is 4.98 Å². The molecule has 1 aliphatic rings. The Morgan fingerprint density at radius 1 is 1.41 bits per heavy atom. The fourth-order valence-corrected chi connectivity index (χ4v) is 2.13. The third kappa shape index (κ3) is 1.68. The third-order valence-electron chi connectivity index (χ3n) is 2.91. The van der Waals surface area contributed by atoms with Gasteiger partial charge in [-0.25, -0.2) is 0 Å². The first kappa shape index (κ1) is 10.3. The molecule has 0 aromatic carbocycles. The van der Waals surface area contributed by atoms with Crippen LogP contribution in [0.4, 0.5) is 0 Å². The number of nitrogens with one attached hydrogen (secondary N) is 1. The van der Waals surface area contributed by atoms with E-state index in [2.05, 4.69) is 19.9 Å². The lowest BCUT2D eigenvalue weighted by atomic mass is 10.2. The van der Waals surface area contributed by atoms with Crippen molar-refractivity contribution in [3.05, 3.63) is 30.2 Å². The zero-order valence-electron chi connectivity index (χ0n) is 9.68. The first-order valence-corrected chi connectivity index (χ1v) is 5.65. The Balaban J connectivity index is 2.17. The molecule has 3 rings (SSSR count). The Morgan fingerprint density at radius 2 is 2.35 bits per heavy atom. The standard InChI is InChI=1S/C12H14N4O/c1-17-12-11(9-4-2-3-5-14-9)16-7-6-13-8-10(16)15-12/h2-5,13H,6-8H2,1H3. The average molecular weight is 230 g/mol. The molecule has 0 spiro atoms. The molecule has 5 heteroatoms. The highest BCUT2D eigenvalue weighted by Gasteiger charge is 2.21. The molecule has 0 aliphatic carbocycles. The van der Waals surface area contributed by atoms with E-state index < -0.39 is 0 Å². The predicted molar refractivity (Wildman–Crippen MR) is 63.7 cm³/mol. The van der Waals surface area contributed by atoms with Crippen molar-refractivity contribution in [2.75, 3.05) is 13.7 Å². The van der Waals surface area contributed by atoms with E-state index in [1.54, 1.807) is 13.3 Å². The molecule has 0 fully saturated rings. The molecule has 3 heterocycles. The summed E-state index contributed by atoms with van der Waals surface area (Å²) in [5.41, 5.74) is 1.88. The van der Waals surface area contributed by atoms with Crippen LogP contribution in [0, 0.1) is 0 Å². The van der Waals surface area contributed by atoms with Crippen molar-refractivity contribution in [3.8, 4) is 17.3 Å². The van der Waals surface area contributed by atoms with Crippen molar-refractivity contribution >= 4 is 0 Å². The molecule has 88 valence electrons. The molecule has 0 radical (unpaired) electrons. The molecule has 0 unspecified atom stereocenters. The number of hydrogen-bond donors (Lipinski definition) is 1. The van der Waals surface area contributed by atoms with Crippen LogP contribution in [0.3, 0.4) is 0 Å². The van der Waals surface area contributed by atoms with Gasteiger partial charge >= 0.3 is 0 Å². The number of rotatable bonds is 2. The molecule has 0 saturated heterocycles. The highest BCUT2D eigenvalue weighted by molar-refractivity contribution is 5.62. The summed E-state index contributed by atoms with van der Waals surface area (Å²) in [6.45, 7) is 2.63. The quantitative estimate of drug-likeness (QED) is 0.838. The average Bonchev–Trinajstić information content (AvgIpc) is 2.78. The summed E-state index contributed by atoms with van der Waals surface area (Å²) in [5, 5.41) is 3.30. The Labute approximate surface area is 99.5 Å². The van der Waals surface area contributed by atoms with Gasteiger partial charge in [-0.15, -0.1) is 0 Å². The third-order valence-corrected chi connectivity index (χ3v) is 2.91. The maximum Gasteiger partial charge on any atom is 0.241 e. The van der Waals surface area contributed by atoms with Crippen LogP contribution in [0.1, 0.15) is 5.82 Å². The summed E-state index contributed by atoms with van der Waals surface area (Å²) in [5.74, 6) is 1.66. The van der Waals surface area contributed by atoms with Crippen molar-refractivity contribution in [2.45, 2.75) is 13.1 Å². The molecule has 0 atom stereocenters. The van der Waals surface area contributed by atoms with E-state index >= 15 is 0 Å². The molecule has 0 amide bonds. The van der Waals surface area contributed by atoms with E-state index in [9.17, 15) is 0 Å². The summed E-state index contributed by atoms with van der Waals surface area (Å²) in [7, 11) is 1.65. The maximum atomic E-state index is 5.35. The van der Waals surface area contributed by atoms with Gasteiger partial charge in [0.1, 0.15) is 11.5 Å². The maximum absolute atomic E-state index is 5.35. The number of pyridine rings is 1. The molecule has 5 nitrogen and oxygen atoms in total. The SMILES string of the molecule is COc1nc2n(c1-c1ccccn1)CCNC2. The summed E-state index contributed by atoms with van der Waals surface area (Å²) in [6.07, 6.45) is 1.79. The van der Waals surface area contributed by atoms with Crippen LogP contribution in [-0.4, -0.2) is 28.2 Å². The number of fused-ring (bicyclic) bond motifs is 1. The number of imidazole rings is 1. The van der Waals surface area contributed by atoms with Gasteiger partial charge in [0.05, 0.1) is 19.3 Å².